The third kappa shape index (κ3) is 4.26. The van der Waals surface area contributed by atoms with E-state index in [2.05, 4.69) is 10.3 Å². The van der Waals surface area contributed by atoms with Crippen LogP contribution in [0.5, 0.6) is 0 Å². The Hall–Kier alpha value is -1.85. The van der Waals surface area contributed by atoms with Gasteiger partial charge >= 0.3 is 0 Å². The zero-order valence-electron chi connectivity index (χ0n) is 11.0. The van der Waals surface area contributed by atoms with Crippen LogP contribution in [0, 0.1) is 0 Å². The minimum atomic E-state index is -0.458. The topological polar surface area (TPSA) is 87.8 Å². The lowest BCUT2D eigenvalue weighted by Gasteiger charge is -2.18. The maximum atomic E-state index is 11.4. The molecule has 0 atom stereocenters. The van der Waals surface area contributed by atoms with Gasteiger partial charge in [0, 0.05) is 26.7 Å². The van der Waals surface area contributed by atoms with E-state index in [9.17, 15) is 9.59 Å². The molecule has 0 aliphatic carbocycles. The molecule has 0 spiro atoms. The van der Waals surface area contributed by atoms with Crippen LogP contribution in [-0.4, -0.2) is 36.5 Å². The van der Waals surface area contributed by atoms with Crippen molar-refractivity contribution in [1.29, 1.82) is 0 Å². The van der Waals surface area contributed by atoms with E-state index in [0.717, 1.165) is 12.1 Å². The van der Waals surface area contributed by atoms with Gasteiger partial charge in [0.1, 0.15) is 5.70 Å². The van der Waals surface area contributed by atoms with Crippen LogP contribution in [0.2, 0.25) is 0 Å². The number of amides is 2. The Morgan fingerprint density at radius 3 is 2.24 bits per heavy atom. The second-order valence-corrected chi connectivity index (χ2v) is 3.60. The third-order valence-electron chi connectivity index (χ3n) is 2.31. The molecule has 0 rings (SSSR count). The van der Waals surface area contributed by atoms with Crippen LogP contribution in [0.4, 0.5) is 0 Å². The number of carbonyl (C=O) groups excluding carboxylic acids is 2. The van der Waals surface area contributed by atoms with Gasteiger partial charge < -0.3 is 11.1 Å². The minimum absolute atomic E-state index is 0.0713. The molecule has 6 nitrogen and oxygen atoms in total. The van der Waals surface area contributed by atoms with Crippen molar-refractivity contribution < 1.29 is 9.59 Å². The Bertz CT molecular complexity index is 372. The summed E-state index contributed by atoms with van der Waals surface area (Å²) in [6.07, 6.45) is 0.719. The molecule has 6 heteroatoms. The van der Waals surface area contributed by atoms with E-state index in [1.54, 1.807) is 0 Å². The van der Waals surface area contributed by atoms with Crippen molar-refractivity contribution in [3.05, 3.63) is 11.5 Å². The molecular weight excluding hydrogens is 220 g/mol. The smallest absolute Gasteiger partial charge is 0.270 e. The van der Waals surface area contributed by atoms with Crippen LogP contribution in [0.25, 0.3) is 0 Å². The fourth-order valence-corrected chi connectivity index (χ4v) is 0.961. The van der Waals surface area contributed by atoms with Crippen LogP contribution in [0.1, 0.15) is 27.2 Å². The van der Waals surface area contributed by atoms with Crippen molar-refractivity contribution in [2.24, 2.45) is 10.7 Å². The van der Waals surface area contributed by atoms with Gasteiger partial charge in [0.05, 0.1) is 0 Å². The second kappa shape index (κ2) is 6.67. The molecule has 3 N–H and O–H groups in total. The summed E-state index contributed by atoms with van der Waals surface area (Å²) in [6.45, 7) is 5.12. The summed E-state index contributed by atoms with van der Waals surface area (Å²) in [5.41, 5.74) is 6.40. The lowest BCUT2D eigenvalue weighted by atomic mass is 10.3. The molecule has 0 heterocycles. The first kappa shape index (κ1) is 15.2. The maximum absolute atomic E-state index is 11.4. The number of nitrogens with one attached hydrogen (secondary N) is 1. The minimum Gasteiger partial charge on any atom is -0.391 e. The quantitative estimate of drug-likeness (QED) is 0.544. The zero-order chi connectivity index (χ0) is 13.6. The second-order valence-electron chi connectivity index (χ2n) is 3.60. The molecule has 0 aromatic rings. The van der Waals surface area contributed by atoms with Crippen molar-refractivity contribution in [2.75, 3.05) is 14.1 Å². The molecule has 0 saturated heterocycles. The zero-order valence-corrected chi connectivity index (χ0v) is 11.0. The molecule has 17 heavy (non-hydrogen) atoms. The highest BCUT2D eigenvalue weighted by molar-refractivity contribution is 5.94. The largest absolute Gasteiger partial charge is 0.391 e. The van der Waals surface area contributed by atoms with Crippen molar-refractivity contribution in [1.82, 2.24) is 10.2 Å². The molecule has 0 saturated carbocycles. The fourth-order valence-electron chi connectivity index (χ4n) is 0.961. The number of aliphatic imine (C=N–C) groups is 1. The highest BCUT2D eigenvalue weighted by atomic mass is 16.2. The number of likely N-dealkylation sites (N-methyl/N-ethyl adjacent to an activating group) is 1. The van der Waals surface area contributed by atoms with E-state index in [1.165, 1.54) is 25.9 Å². The molecule has 0 fully saturated rings. The summed E-state index contributed by atoms with van der Waals surface area (Å²) in [5.74, 6) is -0.517. The number of rotatable bonds is 4. The normalized spacial score (nSPS) is 12.9. The van der Waals surface area contributed by atoms with E-state index in [1.807, 2.05) is 13.8 Å². The Labute approximate surface area is 102 Å². The van der Waals surface area contributed by atoms with Gasteiger partial charge in [0.15, 0.2) is 5.82 Å². The van der Waals surface area contributed by atoms with E-state index in [4.69, 9.17) is 5.73 Å². The van der Waals surface area contributed by atoms with Gasteiger partial charge in [0.2, 0.25) is 5.91 Å². The predicted molar refractivity (Wildman–Crippen MR) is 67.1 cm³/mol. The number of nitrogens with two attached hydrogens (primary N) is 1. The molecule has 96 valence electrons. The molecule has 2 amide bonds. The highest BCUT2D eigenvalue weighted by Gasteiger charge is 2.16. The SMILES string of the molecule is CC/C(C)=N/C(=C(\N)C(=O)NC)N(C)C(C)=O. The summed E-state index contributed by atoms with van der Waals surface area (Å²) in [5, 5.41) is 2.40. The molecular formula is C11H20N4O2. The lowest BCUT2D eigenvalue weighted by molar-refractivity contribution is -0.125. The molecule has 0 aromatic carbocycles. The average Bonchev–Trinajstić information content (AvgIpc) is 2.32. The Balaban J connectivity index is 5.54. The molecule has 0 aromatic heterocycles. The molecule has 0 aliphatic rings. The van der Waals surface area contributed by atoms with Crippen LogP contribution in [0.15, 0.2) is 16.5 Å². The number of carbonyl (C=O) groups is 2. The summed E-state index contributed by atoms with van der Waals surface area (Å²) < 4.78 is 0. The first-order valence-corrected chi connectivity index (χ1v) is 5.35. The summed E-state index contributed by atoms with van der Waals surface area (Å²) >= 11 is 0. The van der Waals surface area contributed by atoms with Crippen molar-refractivity contribution in [3.8, 4) is 0 Å². The molecule has 0 aliphatic heterocycles. The highest BCUT2D eigenvalue weighted by Crippen LogP contribution is 2.09. The van der Waals surface area contributed by atoms with E-state index < -0.39 is 5.91 Å². The monoisotopic (exact) mass is 240 g/mol. The first-order chi connectivity index (χ1) is 7.84. The van der Waals surface area contributed by atoms with Crippen LogP contribution in [0.3, 0.4) is 0 Å². The number of nitrogens with zero attached hydrogens (tertiary/aromatic N) is 2. The Kier molecular flexibility index (Phi) is 5.95. The van der Waals surface area contributed by atoms with Crippen LogP contribution in [-0.2, 0) is 9.59 Å². The van der Waals surface area contributed by atoms with Gasteiger partial charge in [-0.3, -0.25) is 14.5 Å². The van der Waals surface area contributed by atoms with Gasteiger partial charge in [-0.15, -0.1) is 0 Å². The fraction of sp³-hybridized carbons (Fsp3) is 0.545. The number of hydrogen-bond acceptors (Lipinski definition) is 4. The van der Waals surface area contributed by atoms with Gasteiger partial charge in [-0.2, -0.15) is 0 Å². The average molecular weight is 240 g/mol. The first-order valence-electron chi connectivity index (χ1n) is 5.35. The van der Waals surface area contributed by atoms with Gasteiger partial charge in [-0.25, -0.2) is 4.99 Å². The third-order valence-corrected chi connectivity index (χ3v) is 2.31. The summed E-state index contributed by atoms with van der Waals surface area (Å²) in [6, 6.07) is 0. The lowest BCUT2D eigenvalue weighted by Crippen LogP contribution is -2.32. The van der Waals surface area contributed by atoms with Gasteiger partial charge in [-0.05, 0) is 13.3 Å². The maximum Gasteiger partial charge on any atom is 0.270 e. The van der Waals surface area contributed by atoms with Crippen LogP contribution < -0.4 is 11.1 Å². The molecule has 0 bridgehead atoms. The van der Waals surface area contributed by atoms with Crippen molar-refractivity contribution in [3.63, 3.8) is 0 Å². The predicted octanol–water partition coefficient (Wildman–Crippen LogP) is 0.209. The molecule has 0 radical (unpaired) electrons. The standard InChI is InChI=1S/C11H20N4O2/c1-6-7(2)14-10(15(5)8(3)16)9(12)11(17)13-4/h6,12H2,1-5H3,(H,13,17)/b10-9+,14-7+. The number of hydrogen-bond donors (Lipinski definition) is 2. The van der Waals surface area contributed by atoms with Gasteiger partial charge in [-0.1, -0.05) is 6.92 Å². The van der Waals surface area contributed by atoms with E-state index in [-0.39, 0.29) is 17.4 Å². The molecule has 0 unspecified atom stereocenters. The van der Waals surface area contributed by atoms with Crippen molar-refractivity contribution >= 4 is 17.5 Å². The van der Waals surface area contributed by atoms with E-state index >= 15 is 0 Å². The van der Waals surface area contributed by atoms with Gasteiger partial charge in [0.25, 0.3) is 5.91 Å². The van der Waals surface area contributed by atoms with Crippen molar-refractivity contribution in [2.45, 2.75) is 27.2 Å². The van der Waals surface area contributed by atoms with Crippen LogP contribution >= 0.6 is 0 Å². The summed E-state index contributed by atoms with van der Waals surface area (Å²) in [4.78, 5) is 28.2. The summed E-state index contributed by atoms with van der Waals surface area (Å²) in [7, 11) is 3.00. The Morgan fingerprint density at radius 2 is 1.88 bits per heavy atom. The Morgan fingerprint density at radius 1 is 1.35 bits per heavy atom. The van der Waals surface area contributed by atoms with E-state index in [0.29, 0.717) is 0 Å².